The van der Waals surface area contributed by atoms with E-state index in [1.165, 1.54) is 0 Å². The van der Waals surface area contributed by atoms with Gasteiger partial charge in [0.2, 0.25) is 17.7 Å². The number of carbonyl (C=O) groups is 3. The van der Waals surface area contributed by atoms with Crippen LogP contribution in [-0.2, 0) is 19.1 Å². The lowest BCUT2D eigenvalue weighted by Crippen LogP contribution is -2.57. The Hall–Kier alpha value is -2.38. The number of nitrogens with zero attached hydrogens (tertiary/aromatic N) is 4. The Labute approximate surface area is 272 Å². The number of morpholine rings is 1. The van der Waals surface area contributed by atoms with Gasteiger partial charge in [-0.05, 0) is 37.6 Å². The number of aliphatic hydroxyl groups is 1. The summed E-state index contributed by atoms with van der Waals surface area (Å²) >= 11 is 5.45. The predicted molar refractivity (Wildman–Crippen MR) is 175 cm³/mol. The van der Waals surface area contributed by atoms with Gasteiger partial charge in [-0.3, -0.25) is 19.3 Å². The number of rotatable bonds is 14. The number of halogens is 1. The Kier molecular flexibility index (Phi) is 10.8. The van der Waals surface area contributed by atoms with Gasteiger partial charge < -0.3 is 29.3 Å². The molecule has 4 fully saturated rings. The molecule has 1 N–H and O–H groups in total. The van der Waals surface area contributed by atoms with Crippen LogP contribution in [0.3, 0.4) is 0 Å². The minimum atomic E-state index is -0.792. The van der Waals surface area contributed by atoms with Gasteiger partial charge in [-0.15, -0.1) is 24.9 Å². The Morgan fingerprint density at radius 2 is 1.86 bits per heavy atom. The fraction of sp³-hybridized carbons (Fsp3) is 0.594. The number of benzene rings is 1. The second kappa shape index (κ2) is 14.4. The monoisotopic (exact) mass is 690 g/mol. The second-order valence-electron chi connectivity index (χ2n) is 11.6. The molecule has 4 aliphatic rings. The summed E-state index contributed by atoms with van der Waals surface area (Å²) in [5, 5.41) is 9.84. The maximum absolute atomic E-state index is 14.5. The van der Waals surface area contributed by atoms with Crippen LogP contribution in [0.2, 0.25) is 0 Å². The van der Waals surface area contributed by atoms with Crippen LogP contribution in [0.4, 0.5) is 5.69 Å². The maximum Gasteiger partial charge on any atom is 0.247 e. The number of β-amino-alcohol motifs (C(OH)–C–C–N with tert-alkyl or cyclic N) is 1. The summed E-state index contributed by atoms with van der Waals surface area (Å²) in [5.41, 5.74) is 0.692. The standard InChI is InChI=1S/C32H43BrN4O6S/c1-4-11-35(14-13-34-16-19-42-20-17-34)31(41)28-32-21-24(33)27(44-32)25(26(32)30(40)37(28)15-18-38)29(39)36(12-5-2)22-7-9-23(10-8-22)43-6-3/h4-5,7-10,24-28,38H,1-2,6,11-21H2,3H3/t24?,25-,26+,27-,28?,32?/m1/s1. The molecule has 12 heteroatoms. The summed E-state index contributed by atoms with van der Waals surface area (Å²) in [6, 6.07) is 6.56. The molecule has 4 aliphatic heterocycles. The number of anilines is 1. The highest BCUT2D eigenvalue weighted by molar-refractivity contribution is 9.09. The molecule has 44 heavy (non-hydrogen) atoms. The molecular weight excluding hydrogens is 648 g/mol. The molecule has 1 spiro atoms. The topological polar surface area (TPSA) is 103 Å². The number of fused-ring (bicyclic) bond motifs is 1. The van der Waals surface area contributed by atoms with Crippen molar-refractivity contribution in [3.05, 3.63) is 49.6 Å². The summed E-state index contributed by atoms with van der Waals surface area (Å²) < 4.78 is 10.3. The van der Waals surface area contributed by atoms with E-state index >= 15 is 0 Å². The van der Waals surface area contributed by atoms with Gasteiger partial charge in [0.15, 0.2) is 0 Å². The van der Waals surface area contributed by atoms with E-state index in [4.69, 9.17) is 9.47 Å². The largest absolute Gasteiger partial charge is 0.494 e. The molecule has 1 aromatic carbocycles. The fourth-order valence-electron chi connectivity index (χ4n) is 7.27. The molecule has 3 amide bonds. The summed E-state index contributed by atoms with van der Waals surface area (Å²) in [4.78, 5) is 50.5. The number of likely N-dealkylation sites (tertiary alicyclic amines) is 1. The van der Waals surface area contributed by atoms with E-state index in [2.05, 4.69) is 34.0 Å². The van der Waals surface area contributed by atoms with Crippen LogP contribution < -0.4 is 9.64 Å². The normalized spacial score (nSPS) is 29.4. The van der Waals surface area contributed by atoms with Gasteiger partial charge >= 0.3 is 0 Å². The predicted octanol–water partition coefficient (Wildman–Crippen LogP) is 2.41. The molecule has 4 heterocycles. The lowest BCUT2D eigenvalue weighted by atomic mass is 9.70. The van der Waals surface area contributed by atoms with Crippen molar-refractivity contribution < 1.29 is 29.0 Å². The number of aliphatic hydroxyl groups excluding tert-OH is 1. The van der Waals surface area contributed by atoms with Crippen molar-refractivity contribution in [2.45, 2.75) is 34.2 Å². The molecule has 0 aromatic heterocycles. The third-order valence-corrected chi connectivity index (χ3v) is 12.4. The third-order valence-electron chi connectivity index (χ3n) is 9.14. The van der Waals surface area contributed by atoms with Crippen LogP contribution >= 0.6 is 27.7 Å². The summed E-state index contributed by atoms with van der Waals surface area (Å²) in [5.74, 6) is -1.17. The van der Waals surface area contributed by atoms with Crippen LogP contribution in [0.1, 0.15) is 13.3 Å². The van der Waals surface area contributed by atoms with E-state index in [9.17, 15) is 19.5 Å². The second-order valence-corrected chi connectivity index (χ2v) is 14.3. The zero-order valence-corrected chi connectivity index (χ0v) is 27.7. The van der Waals surface area contributed by atoms with Crippen molar-refractivity contribution >= 4 is 51.1 Å². The van der Waals surface area contributed by atoms with E-state index in [1.54, 1.807) is 38.6 Å². The Morgan fingerprint density at radius 3 is 2.50 bits per heavy atom. The van der Waals surface area contributed by atoms with Crippen LogP contribution in [0.5, 0.6) is 5.75 Å². The molecular formula is C32H43BrN4O6S. The minimum absolute atomic E-state index is 0.0350. The number of hydrogen-bond acceptors (Lipinski definition) is 8. The third kappa shape index (κ3) is 6.08. The molecule has 2 bridgehead atoms. The molecule has 6 atom stereocenters. The molecule has 3 unspecified atom stereocenters. The molecule has 1 aromatic rings. The first-order chi connectivity index (χ1) is 21.3. The van der Waals surface area contributed by atoms with E-state index in [1.807, 2.05) is 31.2 Å². The molecule has 0 aliphatic carbocycles. The number of ether oxygens (including phenoxy) is 2. The van der Waals surface area contributed by atoms with Gasteiger partial charge in [0.1, 0.15) is 11.8 Å². The molecule has 10 nitrogen and oxygen atoms in total. The van der Waals surface area contributed by atoms with E-state index in [0.29, 0.717) is 57.3 Å². The highest BCUT2D eigenvalue weighted by Crippen LogP contribution is 2.68. The number of carbonyl (C=O) groups excluding carboxylic acids is 3. The van der Waals surface area contributed by atoms with Crippen molar-refractivity contribution in [3.63, 3.8) is 0 Å². The van der Waals surface area contributed by atoms with Crippen LogP contribution in [0.25, 0.3) is 0 Å². The molecule has 0 radical (unpaired) electrons. The first kappa shape index (κ1) is 33.0. The van der Waals surface area contributed by atoms with Gasteiger partial charge in [0, 0.05) is 61.6 Å². The Balaban J connectivity index is 1.46. The van der Waals surface area contributed by atoms with E-state index < -0.39 is 22.6 Å². The van der Waals surface area contributed by atoms with Crippen LogP contribution in [0, 0.1) is 11.8 Å². The smallest absolute Gasteiger partial charge is 0.247 e. The molecule has 240 valence electrons. The van der Waals surface area contributed by atoms with Crippen molar-refractivity contribution in [3.8, 4) is 5.75 Å². The van der Waals surface area contributed by atoms with Crippen molar-refractivity contribution in [2.24, 2.45) is 11.8 Å². The fourth-order valence-corrected chi connectivity index (χ4v) is 10.9. The first-order valence-corrected chi connectivity index (χ1v) is 17.2. The van der Waals surface area contributed by atoms with Gasteiger partial charge in [0.05, 0.1) is 43.0 Å². The summed E-state index contributed by atoms with van der Waals surface area (Å²) in [7, 11) is 0. The number of thioether (sulfide) groups is 1. The number of alkyl halides is 1. The lowest BCUT2D eigenvalue weighted by Gasteiger charge is -2.39. The summed E-state index contributed by atoms with van der Waals surface area (Å²) in [6.07, 6.45) is 3.97. The molecule has 4 saturated heterocycles. The average Bonchev–Trinajstić information content (AvgIpc) is 3.62. The van der Waals surface area contributed by atoms with Crippen molar-refractivity contribution in [1.29, 1.82) is 0 Å². The SMILES string of the molecule is C=CCN(CCN1CCOCC1)C(=O)C1N(CCO)C(=O)[C@@H]2[C@@H](C(=O)N(CC=C)c3ccc(OCC)cc3)[C@@H]3SC12CC3Br. The summed E-state index contributed by atoms with van der Waals surface area (Å²) in [6.45, 7) is 14.7. The number of hydrogen-bond donors (Lipinski definition) is 1. The van der Waals surface area contributed by atoms with Gasteiger partial charge in [-0.2, -0.15) is 0 Å². The van der Waals surface area contributed by atoms with Crippen LogP contribution in [0.15, 0.2) is 49.6 Å². The van der Waals surface area contributed by atoms with E-state index in [-0.39, 0.29) is 47.5 Å². The van der Waals surface area contributed by atoms with Crippen LogP contribution in [-0.4, -0.2) is 131 Å². The van der Waals surface area contributed by atoms with Crippen molar-refractivity contribution in [2.75, 3.05) is 77.1 Å². The highest BCUT2D eigenvalue weighted by Gasteiger charge is 2.76. The molecule has 0 saturated carbocycles. The van der Waals surface area contributed by atoms with E-state index in [0.717, 1.165) is 13.1 Å². The number of amides is 3. The lowest BCUT2D eigenvalue weighted by molar-refractivity contribution is -0.143. The Bertz CT molecular complexity index is 1230. The highest BCUT2D eigenvalue weighted by atomic mass is 79.9. The first-order valence-electron chi connectivity index (χ1n) is 15.4. The van der Waals surface area contributed by atoms with Gasteiger partial charge in [-0.25, -0.2) is 0 Å². The average molecular weight is 692 g/mol. The Morgan fingerprint density at radius 1 is 1.16 bits per heavy atom. The van der Waals surface area contributed by atoms with Gasteiger partial charge in [-0.1, -0.05) is 28.1 Å². The zero-order valence-electron chi connectivity index (χ0n) is 25.3. The minimum Gasteiger partial charge on any atom is -0.494 e. The zero-order chi connectivity index (χ0) is 31.4. The molecule has 5 rings (SSSR count). The maximum atomic E-state index is 14.5. The van der Waals surface area contributed by atoms with Crippen molar-refractivity contribution in [1.82, 2.24) is 14.7 Å². The van der Waals surface area contributed by atoms with Gasteiger partial charge in [0.25, 0.3) is 0 Å². The quantitative estimate of drug-likeness (QED) is 0.235.